The highest BCUT2D eigenvalue weighted by molar-refractivity contribution is 6.08. The number of nitrogens with zero attached hydrogens (tertiary/aromatic N) is 2. The van der Waals surface area contributed by atoms with E-state index in [0.29, 0.717) is 35.6 Å². The fourth-order valence-corrected chi connectivity index (χ4v) is 2.38. The Morgan fingerprint density at radius 1 is 1.29 bits per heavy atom. The minimum Gasteiger partial charge on any atom is -0.494 e. The van der Waals surface area contributed by atoms with Gasteiger partial charge in [-0.05, 0) is 37.6 Å². The van der Waals surface area contributed by atoms with E-state index < -0.39 is 0 Å². The zero-order valence-electron chi connectivity index (χ0n) is 13.5. The predicted octanol–water partition coefficient (Wildman–Crippen LogP) is 2.24. The average Bonchev–Trinajstić information content (AvgIpc) is 3.01. The number of ether oxygens (including phenoxy) is 1. The van der Waals surface area contributed by atoms with Gasteiger partial charge in [0.15, 0.2) is 5.65 Å². The molecule has 2 heterocycles. The van der Waals surface area contributed by atoms with Crippen LogP contribution in [-0.4, -0.2) is 27.1 Å². The number of benzene rings is 1. The van der Waals surface area contributed by atoms with Gasteiger partial charge >= 0.3 is 0 Å². The largest absolute Gasteiger partial charge is 0.494 e. The number of carbonyl (C=O) groups is 1. The van der Waals surface area contributed by atoms with Crippen LogP contribution in [0.3, 0.4) is 0 Å². The summed E-state index contributed by atoms with van der Waals surface area (Å²) in [6.07, 6.45) is 2.10. The van der Waals surface area contributed by atoms with E-state index in [1.54, 1.807) is 24.3 Å². The topological polar surface area (TPSA) is 88.5 Å². The molecule has 0 saturated carbocycles. The van der Waals surface area contributed by atoms with E-state index >= 15 is 0 Å². The van der Waals surface area contributed by atoms with Gasteiger partial charge in [0.25, 0.3) is 11.5 Å². The molecule has 0 unspecified atom stereocenters. The molecule has 3 aromatic rings. The summed E-state index contributed by atoms with van der Waals surface area (Å²) in [6.45, 7) is 4.40. The first-order valence-electron chi connectivity index (χ1n) is 7.76. The summed E-state index contributed by atoms with van der Waals surface area (Å²) in [4.78, 5) is 28.9. The minimum absolute atomic E-state index is 0.239. The molecule has 1 amide bonds. The molecule has 0 aliphatic heterocycles. The van der Waals surface area contributed by atoms with E-state index in [4.69, 9.17) is 4.74 Å². The van der Waals surface area contributed by atoms with Crippen LogP contribution in [-0.2, 0) is 6.42 Å². The first-order valence-corrected chi connectivity index (χ1v) is 7.76. The van der Waals surface area contributed by atoms with E-state index in [1.807, 2.05) is 13.8 Å². The number of aryl methyl sites for hydroxylation is 1. The van der Waals surface area contributed by atoms with Gasteiger partial charge in [-0.1, -0.05) is 6.92 Å². The van der Waals surface area contributed by atoms with E-state index in [1.165, 1.54) is 16.8 Å². The molecule has 0 spiro atoms. The molecule has 2 N–H and O–H groups in total. The SMILES string of the molecule is CCOc1ccc(NC(=O)c2c[nH]n3c(=O)cc(CC)nc23)cc1. The monoisotopic (exact) mass is 326 g/mol. The van der Waals surface area contributed by atoms with Gasteiger partial charge in [0.05, 0.1) is 6.61 Å². The second kappa shape index (κ2) is 6.57. The third-order valence-corrected chi connectivity index (χ3v) is 3.58. The summed E-state index contributed by atoms with van der Waals surface area (Å²) in [7, 11) is 0. The van der Waals surface area contributed by atoms with Crippen molar-refractivity contribution in [3.8, 4) is 5.75 Å². The van der Waals surface area contributed by atoms with Crippen LogP contribution < -0.4 is 15.6 Å². The van der Waals surface area contributed by atoms with Gasteiger partial charge in [0, 0.05) is 23.6 Å². The zero-order valence-corrected chi connectivity index (χ0v) is 13.5. The molecule has 7 heteroatoms. The quantitative estimate of drug-likeness (QED) is 0.752. The van der Waals surface area contributed by atoms with Crippen LogP contribution in [0.5, 0.6) is 5.75 Å². The summed E-state index contributed by atoms with van der Waals surface area (Å²) in [5, 5.41) is 5.55. The lowest BCUT2D eigenvalue weighted by Crippen LogP contribution is -2.17. The van der Waals surface area contributed by atoms with Crippen LogP contribution in [0, 0.1) is 0 Å². The van der Waals surface area contributed by atoms with Crippen LogP contribution in [0.1, 0.15) is 29.9 Å². The number of hydrogen-bond acceptors (Lipinski definition) is 4. The minimum atomic E-state index is -0.335. The number of aromatic nitrogens is 3. The predicted molar refractivity (Wildman–Crippen MR) is 90.8 cm³/mol. The molecular weight excluding hydrogens is 308 g/mol. The van der Waals surface area contributed by atoms with Crippen molar-refractivity contribution in [2.24, 2.45) is 0 Å². The smallest absolute Gasteiger partial charge is 0.272 e. The molecular formula is C17H18N4O3. The Kier molecular flexibility index (Phi) is 4.33. The number of amides is 1. The molecule has 1 aromatic carbocycles. The number of anilines is 1. The van der Waals surface area contributed by atoms with Crippen molar-refractivity contribution in [1.82, 2.24) is 14.6 Å². The Balaban J connectivity index is 1.88. The Morgan fingerprint density at radius 2 is 2.04 bits per heavy atom. The Labute approximate surface area is 138 Å². The molecule has 0 aliphatic rings. The standard InChI is InChI=1S/C17H18N4O3/c1-3-11-9-15(22)21-16(19-11)14(10-18-21)17(23)20-12-5-7-13(8-6-12)24-4-2/h5-10,18H,3-4H2,1-2H3,(H,20,23). The van der Waals surface area contributed by atoms with Crippen molar-refractivity contribution in [2.75, 3.05) is 11.9 Å². The summed E-state index contributed by atoms with van der Waals surface area (Å²) in [5.74, 6) is 0.404. The molecule has 3 rings (SSSR count). The number of H-pyrrole nitrogens is 1. The van der Waals surface area contributed by atoms with Crippen LogP contribution >= 0.6 is 0 Å². The number of aromatic amines is 1. The molecule has 0 radical (unpaired) electrons. The molecule has 0 aliphatic carbocycles. The third kappa shape index (κ3) is 3.01. The van der Waals surface area contributed by atoms with E-state index in [-0.39, 0.29) is 11.5 Å². The van der Waals surface area contributed by atoms with Crippen molar-refractivity contribution in [3.05, 3.63) is 58.1 Å². The van der Waals surface area contributed by atoms with Crippen LogP contribution in [0.25, 0.3) is 5.65 Å². The van der Waals surface area contributed by atoms with Crippen molar-refractivity contribution < 1.29 is 9.53 Å². The molecule has 124 valence electrons. The lowest BCUT2D eigenvalue weighted by atomic mass is 10.2. The maximum atomic E-state index is 12.5. The number of fused-ring (bicyclic) bond motifs is 1. The summed E-state index contributed by atoms with van der Waals surface area (Å²) in [5.41, 5.74) is 1.68. The first kappa shape index (κ1) is 15.8. The Bertz CT molecular complexity index is 925. The van der Waals surface area contributed by atoms with Crippen LogP contribution in [0.15, 0.2) is 41.3 Å². The fraction of sp³-hybridized carbons (Fsp3) is 0.235. The van der Waals surface area contributed by atoms with Crippen molar-refractivity contribution >= 4 is 17.2 Å². The average molecular weight is 326 g/mol. The van der Waals surface area contributed by atoms with Gasteiger partial charge in [0.1, 0.15) is 11.3 Å². The second-order valence-electron chi connectivity index (χ2n) is 5.20. The molecule has 7 nitrogen and oxygen atoms in total. The van der Waals surface area contributed by atoms with Crippen molar-refractivity contribution in [1.29, 1.82) is 0 Å². The van der Waals surface area contributed by atoms with Gasteiger partial charge in [-0.2, -0.15) is 0 Å². The van der Waals surface area contributed by atoms with Gasteiger partial charge in [-0.3, -0.25) is 14.7 Å². The number of carbonyl (C=O) groups excluding carboxylic acids is 1. The van der Waals surface area contributed by atoms with Crippen molar-refractivity contribution in [3.63, 3.8) is 0 Å². The number of nitrogens with one attached hydrogen (secondary N) is 2. The first-order chi connectivity index (χ1) is 11.6. The summed E-state index contributed by atoms with van der Waals surface area (Å²) in [6, 6.07) is 8.54. The van der Waals surface area contributed by atoms with Gasteiger partial charge in [-0.25, -0.2) is 9.50 Å². The molecule has 0 atom stereocenters. The Hall–Kier alpha value is -3.09. The maximum Gasteiger partial charge on any atom is 0.272 e. The highest BCUT2D eigenvalue weighted by atomic mass is 16.5. The third-order valence-electron chi connectivity index (χ3n) is 3.58. The van der Waals surface area contributed by atoms with Gasteiger partial charge in [0.2, 0.25) is 0 Å². The Morgan fingerprint density at radius 3 is 2.71 bits per heavy atom. The molecule has 0 fully saturated rings. The molecule has 0 bridgehead atoms. The highest BCUT2D eigenvalue weighted by Gasteiger charge is 2.15. The van der Waals surface area contributed by atoms with Crippen LogP contribution in [0.2, 0.25) is 0 Å². The normalized spacial score (nSPS) is 10.8. The number of hydrogen-bond donors (Lipinski definition) is 2. The molecule has 2 aromatic heterocycles. The second-order valence-corrected chi connectivity index (χ2v) is 5.20. The molecule has 24 heavy (non-hydrogen) atoms. The fourth-order valence-electron chi connectivity index (χ4n) is 2.38. The number of rotatable bonds is 5. The lowest BCUT2D eigenvalue weighted by Gasteiger charge is -2.06. The van der Waals surface area contributed by atoms with E-state index in [9.17, 15) is 9.59 Å². The van der Waals surface area contributed by atoms with Gasteiger partial charge in [-0.15, -0.1) is 0 Å². The van der Waals surface area contributed by atoms with E-state index in [2.05, 4.69) is 15.4 Å². The maximum absolute atomic E-state index is 12.5. The zero-order chi connectivity index (χ0) is 17.1. The molecule has 0 saturated heterocycles. The summed E-state index contributed by atoms with van der Waals surface area (Å²) < 4.78 is 6.62. The lowest BCUT2D eigenvalue weighted by molar-refractivity contribution is 0.102. The van der Waals surface area contributed by atoms with Crippen LogP contribution in [0.4, 0.5) is 5.69 Å². The summed E-state index contributed by atoms with van der Waals surface area (Å²) >= 11 is 0. The van der Waals surface area contributed by atoms with Gasteiger partial charge < -0.3 is 10.1 Å². The van der Waals surface area contributed by atoms with Crippen molar-refractivity contribution in [2.45, 2.75) is 20.3 Å². The van der Waals surface area contributed by atoms with E-state index in [0.717, 1.165) is 5.75 Å². The highest BCUT2D eigenvalue weighted by Crippen LogP contribution is 2.17.